The number of rotatable bonds is 1. The van der Waals surface area contributed by atoms with Gasteiger partial charge >= 0.3 is 0 Å². The summed E-state index contributed by atoms with van der Waals surface area (Å²) in [6.07, 6.45) is 0. The van der Waals surface area contributed by atoms with Crippen molar-refractivity contribution in [1.29, 1.82) is 0 Å². The molecular weight excluding hydrogens is 226 g/mol. The van der Waals surface area contributed by atoms with E-state index >= 15 is 0 Å². The summed E-state index contributed by atoms with van der Waals surface area (Å²) >= 11 is 0. The minimum absolute atomic E-state index is 0.146. The molecule has 3 heteroatoms. The molecule has 1 aromatic heterocycles. The second-order valence-electron chi connectivity index (χ2n) is 4.14. The second kappa shape index (κ2) is 4.04. The van der Waals surface area contributed by atoms with Crippen LogP contribution in [0.15, 0.2) is 59.4 Å². The monoisotopic (exact) mass is 237 g/mol. The fraction of sp³-hybridized carbons (Fsp3) is 0. The average molecular weight is 237 g/mol. The minimum Gasteiger partial charge on any atom is -0.508 e. The molecule has 2 aromatic carbocycles. The van der Waals surface area contributed by atoms with Crippen LogP contribution in [0.3, 0.4) is 0 Å². The first-order valence-corrected chi connectivity index (χ1v) is 5.65. The number of aromatic hydroxyl groups is 1. The van der Waals surface area contributed by atoms with Crippen molar-refractivity contribution < 1.29 is 5.11 Å². The van der Waals surface area contributed by atoms with Crippen LogP contribution in [0, 0.1) is 0 Å². The molecule has 0 saturated carbocycles. The maximum atomic E-state index is 11.6. The van der Waals surface area contributed by atoms with Crippen molar-refractivity contribution in [2.45, 2.75) is 0 Å². The number of pyridine rings is 1. The third kappa shape index (κ3) is 1.76. The SMILES string of the molecule is O=c1cc(-c2ccccc2)c2cc(O)ccc2[nH]1. The maximum absolute atomic E-state index is 11.6. The molecule has 3 nitrogen and oxygen atoms in total. The van der Waals surface area contributed by atoms with Crippen molar-refractivity contribution in [3.8, 4) is 16.9 Å². The molecular formula is C15H11NO2. The van der Waals surface area contributed by atoms with Crippen LogP contribution >= 0.6 is 0 Å². The fourth-order valence-corrected chi connectivity index (χ4v) is 2.10. The van der Waals surface area contributed by atoms with Gasteiger partial charge in [-0.05, 0) is 29.3 Å². The highest BCUT2D eigenvalue weighted by Crippen LogP contribution is 2.28. The van der Waals surface area contributed by atoms with Crippen LogP contribution in [0.5, 0.6) is 5.75 Å². The van der Waals surface area contributed by atoms with Crippen LogP contribution in [0.25, 0.3) is 22.0 Å². The van der Waals surface area contributed by atoms with E-state index in [0.29, 0.717) is 0 Å². The Morgan fingerprint density at radius 3 is 2.50 bits per heavy atom. The van der Waals surface area contributed by atoms with Gasteiger partial charge in [0.15, 0.2) is 0 Å². The molecule has 18 heavy (non-hydrogen) atoms. The van der Waals surface area contributed by atoms with E-state index in [1.54, 1.807) is 24.3 Å². The quantitative estimate of drug-likeness (QED) is 0.683. The topological polar surface area (TPSA) is 53.1 Å². The van der Waals surface area contributed by atoms with Gasteiger partial charge < -0.3 is 10.1 Å². The highest BCUT2D eigenvalue weighted by Gasteiger charge is 2.06. The molecule has 0 atom stereocenters. The van der Waals surface area contributed by atoms with Crippen molar-refractivity contribution in [3.63, 3.8) is 0 Å². The summed E-state index contributed by atoms with van der Waals surface area (Å²) in [6.45, 7) is 0. The number of nitrogens with one attached hydrogen (secondary N) is 1. The third-order valence-corrected chi connectivity index (χ3v) is 2.91. The molecule has 0 radical (unpaired) electrons. The Morgan fingerprint density at radius 2 is 1.72 bits per heavy atom. The Kier molecular flexibility index (Phi) is 2.38. The van der Waals surface area contributed by atoms with Gasteiger partial charge in [-0.25, -0.2) is 0 Å². The molecule has 88 valence electrons. The molecule has 0 aliphatic heterocycles. The normalized spacial score (nSPS) is 10.7. The number of benzene rings is 2. The summed E-state index contributed by atoms with van der Waals surface area (Å²) < 4.78 is 0. The standard InChI is InChI=1S/C15H11NO2/c17-11-6-7-14-13(8-11)12(9-15(18)16-14)10-4-2-1-3-5-10/h1-9,17H,(H,16,18). The Morgan fingerprint density at radius 1 is 0.944 bits per heavy atom. The molecule has 3 rings (SSSR count). The molecule has 3 aromatic rings. The van der Waals surface area contributed by atoms with E-state index in [2.05, 4.69) is 4.98 Å². The molecule has 1 heterocycles. The van der Waals surface area contributed by atoms with Crippen LogP contribution in [-0.4, -0.2) is 10.1 Å². The number of hydrogen-bond acceptors (Lipinski definition) is 2. The van der Waals surface area contributed by atoms with E-state index in [4.69, 9.17) is 0 Å². The van der Waals surface area contributed by atoms with Crippen molar-refractivity contribution in [2.24, 2.45) is 0 Å². The van der Waals surface area contributed by atoms with Gasteiger partial charge in [0, 0.05) is 17.0 Å². The lowest BCUT2D eigenvalue weighted by atomic mass is 10.0. The van der Waals surface area contributed by atoms with Gasteiger partial charge in [0.2, 0.25) is 5.56 Å². The molecule has 0 saturated heterocycles. The summed E-state index contributed by atoms with van der Waals surface area (Å²) in [6, 6.07) is 16.1. The number of aromatic amines is 1. The van der Waals surface area contributed by atoms with E-state index in [9.17, 15) is 9.90 Å². The molecule has 0 amide bonds. The Hall–Kier alpha value is -2.55. The van der Waals surface area contributed by atoms with Crippen molar-refractivity contribution in [2.75, 3.05) is 0 Å². The van der Waals surface area contributed by atoms with Gasteiger partial charge in [0.25, 0.3) is 0 Å². The highest BCUT2D eigenvalue weighted by atomic mass is 16.3. The van der Waals surface area contributed by atoms with Crippen LogP contribution in [0.1, 0.15) is 0 Å². The van der Waals surface area contributed by atoms with Crippen molar-refractivity contribution in [1.82, 2.24) is 4.98 Å². The van der Waals surface area contributed by atoms with E-state index in [1.807, 2.05) is 30.3 Å². The maximum Gasteiger partial charge on any atom is 0.249 e. The number of phenols is 1. The zero-order chi connectivity index (χ0) is 12.5. The number of hydrogen-bond donors (Lipinski definition) is 2. The summed E-state index contributed by atoms with van der Waals surface area (Å²) in [5.74, 6) is 0.187. The zero-order valence-corrected chi connectivity index (χ0v) is 9.55. The number of phenolic OH excluding ortho intramolecular Hbond substituents is 1. The highest BCUT2D eigenvalue weighted by molar-refractivity contribution is 5.94. The molecule has 0 spiro atoms. The largest absolute Gasteiger partial charge is 0.508 e. The first-order valence-electron chi connectivity index (χ1n) is 5.65. The van der Waals surface area contributed by atoms with Gasteiger partial charge in [-0.3, -0.25) is 4.79 Å². The van der Waals surface area contributed by atoms with Crippen LogP contribution in [-0.2, 0) is 0 Å². The van der Waals surface area contributed by atoms with Gasteiger partial charge in [-0.2, -0.15) is 0 Å². The number of fused-ring (bicyclic) bond motifs is 1. The Labute approximate surface area is 103 Å². The van der Waals surface area contributed by atoms with Crippen molar-refractivity contribution in [3.05, 3.63) is 65.0 Å². The van der Waals surface area contributed by atoms with Gasteiger partial charge in [-0.1, -0.05) is 30.3 Å². The van der Waals surface area contributed by atoms with Crippen LogP contribution < -0.4 is 5.56 Å². The minimum atomic E-state index is -0.146. The Bertz CT molecular complexity index is 760. The summed E-state index contributed by atoms with van der Waals surface area (Å²) in [5, 5.41) is 10.4. The van der Waals surface area contributed by atoms with Gasteiger partial charge in [0.05, 0.1) is 0 Å². The van der Waals surface area contributed by atoms with E-state index < -0.39 is 0 Å². The van der Waals surface area contributed by atoms with E-state index in [0.717, 1.165) is 22.0 Å². The first-order chi connectivity index (χ1) is 8.74. The lowest BCUT2D eigenvalue weighted by Crippen LogP contribution is -2.04. The first kappa shape index (κ1) is 10.6. The molecule has 0 aliphatic rings. The summed E-state index contributed by atoms with van der Waals surface area (Å²) in [7, 11) is 0. The molecule has 0 aliphatic carbocycles. The lowest BCUT2D eigenvalue weighted by Gasteiger charge is -2.06. The third-order valence-electron chi connectivity index (χ3n) is 2.91. The smallest absolute Gasteiger partial charge is 0.249 e. The van der Waals surface area contributed by atoms with E-state index in [-0.39, 0.29) is 11.3 Å². The Balaban J connectivity index is 2.41. The fourth-order valence-electron chi connectivity index (χ4n) is 2.10. The molecule has 0 unspecified atom stereocenters. The molecule has 2 N–H and O–H groups in total. The van der Waals surface area contributed by atoms with Crippen LogP contribution in [0.2, 0.25) is 0 Å². The van der Waals surface area contributed by atoms with E-state index in [1.165, 1.54) is 0 Å². The average Bonchev–Trinajstić information content (AvgIpc) is 2.39. The zero-order valence-electron chi connectivity index (χ0n) is 9.55. The predicted octanol–water partition coefficient (Wildman–Crippen LogP) is 2.90. The lowest BCUT2D eigenvalue weighted by molar-refractivity contribution is 0.476. The van der Waals surface area contributed by atoms with Gasteiger partial charge in [0.1, 0.15) is 5.75 Å². The van der Waals surface area contributed by atoms with Gasteiger partial charge in [-0.15, -0.1) is 0 Å². The second-order valence-corrected chi connectivity index (χ2v) is 4.14. The number of H-pyrrole nitrogens is 1. The molecule has 0 bridgehead atoms. The molecule has 0 fully saturated rings. The van der Waals surface area contributed by atoms with Crippen molar-refractivity contribution >= 4 is 10.9 Å². The van der Waals surface area contributed by atoms with Crippen LogP contribution in [0.4, 0.5) is 0 Å². The number of aromatic nitrogens is 1. The summed E-state index contributed by atoms with van der Waals surface area (Å²) in [4.78, 5) is 14.4. The summed E-state index contributed by atoms with van der Waals surface area (Å²) in [5.41, 5.74) is 2.36. The predicted molar refractivity (Wildman–Crippen MR) is 71.7 cm³/mol.